The van der Waals surface area contributed by atoms with E-state index in [1.807, 2.05) is 11.9 Å². The molecule has 0 unspecified atom stereocenters. The predicted octanol–water partition coefficient (Wildman–Crippen LogP) is 0.908. The maximum Gasteiger partial charge on any atom is 0.223 e. The number of amides is 1. The lowest BCUT2D eigenvalue weighted by atomic mass is 10.0. The molecule has 4 nitrogen and oxygen atoms in total. The molecule has 16 heavy (non-hydrogen) atoms. The number of ketones is 1. The molecular weight excluding hydrogens is 204 g/mol. The number of hydrogen-bond donors (Lipinski definition) is 0. The van der Waals surface area contributed by atoms with Gasteiger partial charge in [-0.15, -0.1) is 0 Å². The number of carbonyl (C=O) groups excluding carboxylic acids is 2. The number of likely N-dealkylation sites (tertiary alicyclic amines) is 1. The van der Waals surface area contributed by atoms with Gasteiger partial charge in [0.15, 0.2) is 0 Å². The number of piperidine rings is 1. The highest BCUT2D eigenvalue weighted by molar-refractivity contribution is 5.83. The zero-order valence-electron chi connectivity index (χ0n) is 10.5. The summed E-state index contributed by atoms with van der Waals surface area (Å²) in [5.41, 5.74) is 0. The second-order valence-corrected chi connectivity index (χ2v) is 4.74. The third-order valence-corrected chi connectivity index (χ3v) is 3.32. The monoisotopic (exact) mass is 226 g/mol. The molecule has 1 amide bonds. The largest absolute Gasteiger partial charge is 0.343 e. The molecule has 1 fully saturated rings. The van der Waals surface area contributed by atoms with Gasteiger partial charge in [0.2, 0.25) is 5.91 Å². The van der Waals surface area contributed by atoms with Gasteiger partial charge in [0.1, 0.15) is 5.78 Å². The van der Waals surface area contributed by atoms with Gasteiger partial charge >= 0.3 is 0 Å². The molecule has 0 aromatic carbocycles. The standard InChI is InChI=1S/C12H22N2O2/c1-10(15)4-5-12(16)14(3)11-6-8-13(2)9-7-11/h11H,4-9H2,1-3H3. The summed E-state index contributed by atoms with van der Waals surface area (Å²) >= 11 is 0. The molecule has 0 aromatic heterocycles. The van der Waals surface area contributed by atoms with Crippen molar-refractivity contribution in [3.05, 3.63) is 0 Å². The van der Waals surface area contributed by atoms with Crippen LogP contribution in [-0.4, -0.2) is 54.7 Å². The first-order valence-electron chi connectivity index (χ1n) is 5.94. The van der Waals surface area contributed by atoms with Gasteiger partial charge in [0, 0.05) is 25.9 Å². The molecule has 0 spiro atoms. The Morgan fingerprint density at radius 1 is 1.25 bits per heavy atom. The fourth-order valence-corrected chi connectivity index (χ4v) is 2.05. The molecule has 1 aliphatic rings. The highest BCUT2D eigenvalue weighted by Gasteiger charge is 2.23. The highest BCUT2D eigenvalue weighted by Crippen LogP contribution is 2.15. The van der Waals surface area contributed by atoms with Gasteiger partial charge in [0.05, 0.1) is 0 Å². The van der Waals surface area contributed by atoms with Crippen LogP contribution >= 0.6 is 0 Å². The van der Waals surface area contributed by atoms with Crippen LogP contribution in [0.25, 0.3) is 0 Å². The average molecular weight is 226 g/mol. The van der Waals surface area contributed by atoms with Crippen LogP contribution in [0.4, 0.5) is 0 Å². The topological polar surface area (TPSA) is 40.6 Å². The van der Waals surface area contributed by atoms with Gasteiger partial charge in [0.25, 0.3) is 0 Å². The highest BCUT2D eigenvalue weighted by atomic mass is 16.2. The van der Waals surface area contributed by atoms with E-state index < -0.39 is 0 Å². The van der Waals surface area contributed by atoms with Gasteiger partial charge in [-0.3, -0.25) is 4.79 Å². The predicted molar refractivity (Wildman–Crippen MR) is 63.2 cm³/mol. The maximum absolute atomic E-state index is 11.8. The van der Waals surface area contributed by atoms with Crippen LogP contribution in [0.3, 0.4) is 0 Å². The summed E-state index contributed by atoms with van der Waals surface area (Å²) in [6.45, 7) is 3.63. The van der Waals surface area contributed by atoms with Crippen molar-refractivity contribution >= 4 is 11.7 Å². The van der Waals surface area contributed by atoms with Gasteiger partial charge < -0.3 is 14.6 Å². The van der Waals surface area contributed by atoms with Gasteiger partial charge in [-0.05, 0) is 39.9 Å². The Hall–Kier alpha value is -0.900. The zero-order valence-corrected chi connectivity index (χ0v) is 10.5. The molecule has 1 saturated heterocycles. The van der Waals surface area contributed by atoms with E-state index >= 15 is 0 Å². The fourth-order valence-electron chi connectivity index (χ4n) is 2.05. The third-order valence-electron chi connectivity index (χ3n) is 3.32. The van der Waals surface area contributed by atoms with Crippen molar-refractivity contribution in [1.82, 2.24) is 9.80 Å². The van der Waals surface area contributed by atoms with Crippen LogP contribution in [0.1, 0.15) is 32.6 Å². The molecule has 0 N–H and O–H groups in total. The Labute approximate surface area is 97.6 Å². The van der Waals surface area contributed by atoms with E-state index in [1.54, 1.807) is 0 Å². The minimum Gasteiger partial charge on any atom is -0.343 e. The molecule has 0 aromatic rings. The molecule has 1 heterocycles. The minimum absolute atomic E-state index is 0.0881. The first-order chi connectivity index (χ1) is 7.50. The van der Waals surface area contributed by atoms with Crippen molar-refractivity contribution in [3.8, 4) is 0 Å². The number of rotatable bonds is 4. The second kappa shape index (κ2) is 5.99. The Balaban J connectivity index is 2.35. The van der Waals surface area contributed by atoms with Gasteiger partial charge in [-0.2, -0.15) is 0 Å². The summed E-state index contributed by atoms with van der Waals surface area (Å²) in [4.78, 5) is 26.7. The molecule has 0 saturated carbocycles. The van der Waals surface area contributed by atoms with E-state index in [2.05, 4.69) is 11.9 Å². The van der Waals surface area contributed by atoms with Gasteiger partial charge in [-0.1, -0.05) is 0 Å². The van der Waals surface area contributed by atoms with Crippen LogP contribution in [0.5, 0.6) is 0 Å². The third kappa shape index (κ3) is 3.93. The normalized spacial score (nSPS) is 18.4. The van der Waals surface area contributed by atoms with E-state index in [4.69, 9.17) is 0 Å². The SMILES string of the molecule is CC(=O)CCC(=O)N(C)C1CCN(C)CC1. The van der Waals surface area contributed by atoms with Crippen LogP contribution < -0.4 is 0 Å². The summed E-state index contributed by atoms with van der Waals surface area (Å²) in [5, 5.41) is 0. The fraction of sp³-hybridized carbons (Fsp3) is 0.833. The Kier molecular flexibility index (Phi) is 4.93. The van der Waals surface area contributed by atoms with E-state index in [-0.39, 0.29) is 11.7 Å². The zero-order chi connectivity index (χ0) is 12.1. The summed E-state index contributed by atoms with van der Waals surface area (Å²) in [6, 6.07) is 0.357. The van der Waals surface area contributed by atoms with Crippen LogP contribution in [0.15, 0.2) is 0 Å². The lowest BCUT2D eigenvalue weighted by Gasteiger charge is -2.35. The number of Topliss-reactive ketones (excluding diaryl/α,β-unsaturated/α-hetero) is 1. The number of hydrogen-bond acceptors (Lipinski definition) is 3. The number of nitrogens with zero attached hydrogens (tertiary/aromatic N) is 2. The second-order valence-electron chi connectivity index (χ2n) is 4.74. The minimum atomic E-state index is 0.0881. The molecule has 1 aliphatic heterocycles. The molecule has 4 heteroatoms. The lowest BCUT2D eigenvalue weighted by molar-refractivity contribution is -0.134. The van der Waals surface area contributed by atoms with E-state index in [0.29, 0.717) is 18.9 Å². The van der Waals surface area contributed by atoms with E-state index in [9.17, 15) is 9.59 Å². The smallest absolute Gasteiger partial charge is 0.223 e. The maximum atomic E-state index is 11.8. The Morgan fingerprint density at radius 2 is 1.81 bits per heavy atom. The van der Waals surface area contributed by atoms with Crippen molar-refractivity contribution in [2.75, 3.05) is 27.2 Å². The summed E-state index contributed by atoms with van der Waals surface area (Å²) in [6.07, 6.45) is 2.81. The molecule has 92 valence electrons. The Bertz CT molecular complexity index is 258. The number of carbonyl (C=O) groups is 2. The molecular formula is C12H22N2O2. The molecule has 1 rings (SSSR count). The van der Waals surface area contributed by atoms with Crippen molar-refractivity contribution in [1.29, 1.82) is 0 Å². The van der Waals surface area contributed by atoms with Crippen molar-refractivity contribution in [2.24, 2.45) is 0 Å². The van der Waals surface area contributed by atoms with Gasteiger partial charge in [-0.25, -0.2) is 0 Å². The molecule has 0 radical (unpaired) electrons. The van der Waals surface area contributed by atoms with Crippen LogP contribution in [0.2, 0.25) is 0 Å². The first-order valence-corrected chi connectivity index (χ1v) is 5.94. The summed E-state index contributed by atoms with van der Waals surface area (Å²) in [7, 11) is 3.96. The summed E-state index contributed by atoms with van der Waals surface area (Å²) < 4.78 is 0. The van der Waals surface area contributed by atoms with Crippen molar-refractivity contribution in [2.45, 2.75) is 38.6 Å². The van der Waals surface area contributed by atoms with Crippen LogP contribution in [-0.2, 0) is 9.59 Å². The van der Waals surface area contributed by atoms with Crippen molar-refractivity contribution in [3.63, 3.8) is 0 Å². The quantitative estimate of drug-likeness (QED) is 0.715. The van der Waals surface area contributed by atoms with E-state index in [1.165, 1.54) is 6.92 Å². The summed E-state index contributed by atoms with van der Waals surface area (Å²) in [5.74, 6) is 0.190. The van der Waals surface area contributed by atoms with Crippen LogP contribution in [0, 0.1) is 0 Å². The van der Waals surface area contributed by atoms with Crippen molar-refractivity contribution < 1.29 is 9.59 Å². The molecule has 0 bridgehead atoms. The Morgan fingerprint density at radius 3 is 2.31 bits per heavy atom. The average Bonchev–Trinajstić information content (AvgIpc) is 2.26. The first kappa shape index (κ1) is 13.2. The van der Waals surface area contributed by atoms with E-state index in [0.717, 1.165) is 25.9 Å². The lowest BCUT2D eigenvalue weighted by Crippen LogP contribution is -2.44. The molecule has 0 aliphatic carbocycles. The molecule has 0 atom stereocenters.